The van der Waals surface area contributed by atoms with Gasteiger partial charge in [-0.05, 0) is 24.0 Å². The second kappa shape index (κ2) is 3.52. The Morgan fingerprint density at radius 3 is 2.60 bits per heavy atom. The fourth-order valence-corrected chi connectivity index (χ4v) is 2.15. The Morgan fingerprint density at radius 1 is 1.27 bits per heavy atom. The molecule has 1 unspecified atom stereocenters. The molecule has 1 N–H and O–H groups in total. The largest absolute Gasteiger partial charge is 0.414 e. The van der Waals surface area contributed by atoms with Crippen molar-refractivity contribution in [3.05, 3.63) is 35.4 Å². The van der Waals surface area contributed by atoms with E-state index in [9.17, 15) is 18.3 Å². The van der Waals surface area contributed by atoms with Crippen LogP contribution in [0.5, 0.6) is 0 Å². The SMILES string of the molecule is O[C@@H](C1CCc2ccccc21)C(F)(F)F. The number of aryl methyl sites for hydroxylation is 1. The zero-order valence-electron chi connectivity index (χ0n) is 7.96. The zero-order chi connectivity index (χ0) is 11.1. The summed E-state index contributed by atoms with van der Waals surface area (Å²) in [5, 5.41) is 9.21. The van der Waals surface area contributed by atoms with Crippen molar-refractivity contribution in [1.82, 2.24) is 0 Å². The molecule has 4 heteroatoms. The van der Waals surface area contributed by atoms with Crippen LogP contribution in [0.1, 0.15) is 23.5 Å². The first-order valence-corrected chi connectivity index (χ1v) is 4.82. The Hall–Kier alpha value is -1.03. The van der Waals surface area contributed by atoms with Crippen molar-refractivity contribution < 1.29 is 18.3 Å². The molecule has 1 aliphatic carbocycles. The molecule has 1 aliphatic rings. The fraction of sp³-hybridized carbons (Fsp3) is 0.455. The third-order valence-corrected chi connectivity index (χ3v) is 2.90. The molecule has 0 bridgehead atoms. The maximum atomic E-state index is 12.3. The first-order valence-electron chi connectivity index (χ1n) is 4.82. The number of benzene rings is 1. The normalized spacial score (nSPS) is 22.5. The van der Waals surface area contributed by atoms with Gasteiger partial charge in [0.05, 0.1) is 0 Å². The van der Waals surface area contributed by atoms with Crippen LogP contribution in [0, 0.1) is 0 Å². The summed E-state index contributed by atoms with van der Waals surface area (Å²) in [5.74, 6) is -0.791. The number of hydrogen-bond acceptors (Lipinski definition) is 1. The number of aliphatic hydroxyl groups is 1. The molecule has 0 aromatic heterocycles. The van der Waals surface area contributed by atoms with E-state index >= 15 is 0 Å². The highest BCUT2D eigenvalue weighted by molar-refractivity contribution is 5.35. The molecule has 0 heterocycles. The van der Waals surface area contributed by atoms with Gasteiger partial charge < -0.3 is 5.11 Å². The molecule has 0 radical (unpaired) electrons. The molecule has 2 rings (SSSR count). The highest BCUT2D eigenvalue weighted by Crippen LogP contribution is 2.40. The van der Waals surface area contributed by atoms with Crippen LogP contribution in [0.4, 0.5) is 13.2 Å². The van der Waals surface area contributed by atoms with E-state index < -0.39 is 18.2 Å². The summed E-state index contributed by atoms with van der Waals surface area (Å²) in [6.45, 7) is 0. The number of aliphatic hydroxyl groups excluding tert-OH is 1. The van der Waals surface area contributed by atoms with E-state index in [1.54, 1.807) is 18.2 Å². The molecule has 15 heavy (non-hydrogen) atoms. The van der Waals surface area contributed by atoms with E-state index in [1.165, 1.54) is 0 Å². The van der Waals surface area contributed by atoms with E-state index in [2.05, 4.69) is 0 Å². The van der Waals surface area contributed by atoms with Crippen LogP contribution in [0.15, 0.2) is 24.3 Å². The zero-order valence-corrected chi connectivity index (χ0v) is 7.96. The van der Waals surface area contributed by atoms with Crippen molar-refractivity contribution in [2.75, 3.05) is 0 Å². The Balaban J connectivity index is 2.28. The van der Waals surface area contributed by atoms with Crippen LogP contribution in [-0.2, 0) is 6.42 Å². The van der Waals surface area contributed by atoms with Gasteiger partial charge in [-0.15, -0.1) is 0 Å². The molecule has 1 aromatic rings. The molecule has 0 spiro atoms. The first-order chi connectivity index (χ1) is 7.00. The molecule has 0 fully saturated rings. The van der Waals surface area contributed by atoms with E-state index in [4.69, 9.17) is 0 Å². The Morgan fingerprint density at radius 2 is 1.93 bits per heavy atom. The Bertz CT molecular complexity index is 359. The molecular weight excluding hydrogens is 205 g/mol. The highest BCUT2D eigenvalue weighted by Gasteiger charge is 2.45. The van der Waals surface area contributed by atoms with Crippen LogP contribution >= 0.6 is 0 Å². The lowest BCUT2D eigenvalue weighted by Crippen LogP contribution is -2.33. The summed E-state index contributed by atoms with van der Waals surface area (Å²) in [5.41, 5.74) is 1.56. The molecule has 0 saturated heterocycles. The average molecular weight is 216 g/mol. The van der Waals surface area contributed by atoms with Crippen LogP contribution in [0.25, 0.3) is 0 Å². The summed E-state index contributed by atoms with van der Waals surface area (Å²) in [6, 6.07) is 7.00. The standard InChI is InChI=1S/C11H11F3O/c12-11(13,14)10(15)9-6-5-7-3-1-2-4-8(7)9/h1-4,9-10,15H,5-6H2/t9?,10-/m0/s1. The van der Waals surface area contributed by atoms with Crippen molar-refractivity contribution in [1.29, 1.82) is 0 Å². The van der Waals surface area contributed by atoms with Gasteiger partial charge >= 0.3 is 6.18 Å². The van der Waals surface area contributed by atoms with Crippen molar-refractivity contribution in [2.24, 2.45) is 0 Å². The quantitative estimate of drug-likeness (QED) is 0.765. The van der Waals surface area contributed by atoms with Crippen LogP contribution in [-0.4, -0.2) is 17.4 Å². The maximum Gasteiger partial charge on any atom is 0.414 e. The Kier molecular flexibility index (Phi) is 2.46. The van der Waals surface area contributed by atoms with Gasteiger partial charge in [-0.3, -0.25) is 0 Å². The van der Waals surface area contributed by atoms with E-state index in [0.717, 1.165) is 5.56 Å². The second-order valence-corrected chi connectivity index (χ2v) is 3.83. The molecule has 0 aliphatic heterocycles. The van der Waals surface area contributed by atoms with Gasteiger partial charge in [0.1, 0.15) is 0 Å². The van der Waals surface area contributed by atoms with Gasteiger partial charge in [0.25, 0.3) is 0 Å². The predicted octanol–water partition coefficient (Wildman–Crippen LogP) is 2.64. The minimum Gasteiger partial charge on any atom is -0.383 e. The van der Waals surface area contributed by atoms with E-state index in [1.807, 2.05) is 6.07 Å². The van der Waals surface area contributed by atoms with Crippen LogP contribution < -0.4 is 0 Å². The molecule has 1 aromatic carbocycles. The van der Waals surface area contributed by atoms with Crippen LogP contribution in [0.3, 0.4) is 0 Å². The van der Waals surface area contributed by atoms with Crippen molar-refractivity contribution >= 4 is 0 Å². The van der Waals surface area contributed by atoms with E-state index in [-0.39, 0.29) is 0 Å². The summed E-state index contributed by atoms with van der Waals surface area (Å²) in [4.78, 5) is 0. The maximum absolute atomic E-state index is 12.3. The third kappa shape index (κ3) is 1.86. The summed E-state index contributed by atoms with van der Waals surface area (Å²) in [7, 11) is 0. The third-order valence-electron chi connectivity index (χ3n) is 2.90. The minimum absolute atomic E-state index is 0.375. The van der Waals surface area contributed by atoms with Gasteiger partial charge in [-0.2, -0.15) is 13.2 Å². The Labute approximate surface area is 85.5 Å². The summed E-state index contributed by atoms with van der Waals surface area (Å²) < 4.78 is 37.0. The monoisotopic (exact) mass is 216 g/mol. The second-order valence-electron chi connectivity index (χ2n) is 3.83. The van der Waals surface area contributed by atoms with E-state index in [0.29, 0.717) is 18.4 Å². The highest BCUT2D eigenvalue weighted by atomic mass is 19.4. The number of halogens is 3. The summed E-state index contributed by atoms with van der Waals surface area (Å²) in [6.07, 6.45) is -5.77. The van der Waals surface area contributed by atoms with Gasteiger partial charge in [-0.25, -0.2) is 0 Å². The molecule has 2 atom stereocenters. The summed E-state index contributed by atoms with van der Waals surface area (Å²) >= 11 is 0. The predicted molar refractivity (Wildman–Crippen MR) is 49.6 cm³/mol. The number of rotatable bonds is 1. The lowest BCUT2D eigenvalue weighted by atomic mass is 9.95. The number of hydrogen-bond donors (Lipinski definition) is 1. The number of fused-ring (bicyclic) bond motifs is 1. The van der Waals surface area contributed by atoms with Gasteiger partial charge in [0, 0.05) is 5.92 Å². The average Bonchev–Trinajstić information content (AvgIpc) is 2.58. The van der Waals surface area contributed by atoms with Gasteiger partial charge in [0.15, 0.2) is 6.10 Å². The van der Waals surface area contributed by atoms with Gasteiger partial charge in [0.2, 0.25) is 0 Å². The molecule has 0 saturated carbocycles. The molecule has 1 nitrogen and oxygen atoms in total. The minimum atomic E-state index is -4.53. The smallest absolute Gasteiger partial charge is 0.383 e. The van der Waals surface area contributed by atoms with Gasteiger partial charge in [-0.1, -0.05) is 24.3 Å². The van der Waals surface area contributed by atoms with Crippen LogP contribution in [0.2, 0.25) is 0 Å². The lowest BCUT2D eigenvalue weighted by molar-refractivity contribution is -0.210. The lowest BCUT2D eigenvalue weighted by Gasteiger charge is -2.21. The molecular formula is C11H11F3O. The topological polar surface area (TPSA) is 20.2 Å². The van der Waals surface area contributed by atoms with Crippen molar-refractivity contribution in [3.8, 4) is 0 Å². The van der Waals surface area contributed by atoms with Crippen molar-refractivity contribution in [3.63, 3.8) is 0 Å². The van der Waals surface area contributed by atoms with Crippen molar-refractivity contribution in [2.45, 2.75) is 31.0 Å². The molecule has 82 valence electrons. The number of alkyl halides is 3. The first kappa shape index (κ1) is 10.5. The molecule has 0 amide bonds. The fourth-order valence-electron chi connectivity index (χ4n) is 2.15.